The van der Waals surface area contributed by atoms with Crippen LogP contribution in [0.5, 0.6) is 0 Å². The lowest BCUT2D eigenvalue weighted by molar-refractivity contribution is -0.151. The molecule has 0 saturated heterocycles. The van der Waals surface area contributed by atoms with Gasteiger partial charge < -0.3 is 28.8 Å². The first kappa shape index (κ1) is 24.7. The van der Waals surface area contributed by atoms with Crippen LogP contribution in [0.4, 0.5) is 0 Å². The van der Waals surface area contributed by atoms with Gasteiger partial charge in [-0.05, 0) is 5.56 Å². The van der Waals surface area contributed by atoms with Crippen molar-refractivity contribution in [2.45, 2.75) is 19.4 Å². The number of ether oxygens (including phenoxy) is 5. The molecule has 0 aliphatic rings. The van der Waals surface area contributed by atoms with Gasteiger partial charge in [0.05, 0.1) is 59.3 Å². The average Bonchev–Trinajstić information content (AvgIpc) is 2.72. The van der Waals surface area contributed by atoms with E-state index in [0.29, 0.717) is 46.2 Å². The van der Waals surface area contributed by atoms with E-state index in [2.05, 4.69) is 0 Å². The van der Waals surface area contributed by atoms with Crippen molar-refractivity contribution in [2.75, 3.05) is 52.9 Å². The number of Topliss-reactive ketones (excluding diaryl/α,β-unsaturated/α-hetero) is 1. The van der Waals surface area contributed by atoms with Crippen molar-refractivity contribution in [3.05, 3.63) is 35.9 Å². The Balaban J connectivity index is 1.78. The summed E-state index contributed by atoms with van der Waals surface area (Å²) in [7, 11) is 0. The molecule has 1 aromatic carbocycles. The van der Waals surface area contributed by atoms with Crippen LogP contribution >= 0.6 is 0 Å². The lowest BCUT2D eigenvalue weighted by atomic mass is 10.2. The zero-order valence-corrected chi connectivity index (χ0v) is 16.4. The highest BCUT2D eigenvalue weighted by molar-refractivity contribution is 6.32. The third-order valence-electron chi connectivity index (χ3n) is 3.51. The molecule has 0 aromatic heterocycles. The SMILES string of the molecule is O=C(CCC(=O)C(=O)O)OCCOCCOCCOCCOCc1ccccc1. The van der Waals surface area contributed by atoms with Crippen molar-refractivity contribution in [2.24, 2.45) is 0 Å². The molecular weight excluding hydrogens is 384 g/mol. The molecule has 9 heteroatoms. The number of carboxylic acids is 1. The third kappa shape index (κ3) is 14.3. The Morgan fingerprint density at radius 1 is 0.690 bits per heavy atom. The predicted octanol–water partition coefficient (Wildman–Crippen LogP) is 1.23. The summed E-state index contributed by atoms with van der Waals surface area (Å²) < 4.78 is 26.2. The van der Waals surface area contributed by atoms with E-state index in [0.717, 1.165) is 5.56 Å². The Kier molecular flexibility index (Phi) is 14.2. The Hall–Kier alpha value is -2.33. The fourth-order valence-electron chi connectivity index (χ4n) is 2.03. The molecule has 1 N–H and O–H groups in total. The number of carboxylic acid groups (broad SMARTS) is 1. The first-order valence-corrected chi connectivity index (χ1v) is 9.36. The molecule has 0 fully saturated rings. The summed E-state index contributed by atoms with van der Waals surface area (Å²) in [4.78, 5) is 32.4. The number of hydrogen-bond acceptors (Lipinski definition) is 8. The molecule has 0 atom stereocenters. The summed E-state index contributed by atoms with van der Waals surface area (Å²) in [5.41, 5.74) is 1.12. The van der Waals surface area contributed by atoms with Gasteiger partial charge in [0.15, 0.2) is 0 Å². The molecule has 1 aromatic rings. The summed E-state index contributed by atoms with van der Waals surface area (Å²) >= 11 is 0. The number of carbonyl (C=O) groups is 3. The summed E-state index contributed by atoms with van der Waals surface area (Å²) in [6, 6.07) is 9.91. The fourth-order valence-corrected chi connectivity index (χ4v) is 2.03. The summed E-state index contributed by atoms with van der Waals surface area (Å²) in [5, 5.41) is 8.39. The van der Waals surface area contributed by atoms with Gasteiger partial charge in [0, 0.05) is 6.42 Å². The van der Waals surface area contributed by atoms with Crippen LogP contribution in [0.3, 0.4) is 0 Å². The molecule has 0 aliphatic heterocycles. The second kappa shape index (κ2) is 16.6. The molecule has 0 radical (unpaired) electrons. The number of ketones is 1. The number of aliphatic carboxylic acids is 1. The standard InChI is InChI=1S/C20H28O9/c21-18(20(23)24)6-7-19(22)29-15-14-27-11-10-25-8-9-26-12-13-28-16-17-4-2-1-3-5-17/h1-5H,6-16H2,(H,23,24). The van der Waals surface area contributed by atoms with Gasteiger partial charge in [-0.1, -0.05) is 30.3 Å². The topological polar surface area (TPSA) is 118 Å². The first-order chi connectivity index (χ1) is 14.1. The molecule has 162 valence electrons. The quantitative estimate of drug-likeness (QED) is 0.216. The fraction of sp³-hybridized carbons (Fsp3) is 0.550. The molecule has 9 nitrogen and oxygen atoms in total. The normalized spacial score (nSPS) is 10.6. The minimum atomic E-state index is -1.55. The maximum Gasteiger partial charge on any atom is 0.372 e. The Labute approximate surface area is 169 Å². The molecule has 0 unspecified atom stereocenters. The van der Waals surface area contributed by atoms with E-state index < -0.39 is 17.7 Å². The van der Waals surface area contributed by atoms with Gasteiger partial charge >= 0.3 is 11.9 Å². The van der Waals surface area contributed by atoms with Gasteiger partial charge in [-0.15, -0.1) is 0 Å². The molecule has 29 heavy (non-hydrogen) atoms. The van der Waals surface area contributed by atoms with Crippen molar-refractivity contribution in [1.82, 2.24) is 0 Å². The Morgan fingerprint density at radius 3 is 1.76 bits per heavy atom. The summed E-state index contributed by atoms with van der Waals surface area (Å²) in [5.74, 6) is -3.20. The minimum absolute atomic E-state index is 0.0339. The summed E-state index contributed by atoms with van der Waals surface area (Å²) in [6.45, 7) is 3.43. The van der Waals surface area contributed by atoms with E-state index >= 15 is 0 Å². The van der Waals surface area contributed by atoms with Crippen LogP contribution < -0.4 is 0 Å². The summed E-state index contributed by atoms with van der Waals surface area (Å²) in [6.07, 6.45) is -0.629. The van der Waals surface area contributed by atoms with Gasteiger partial charge in [-0.2, -0.15) is 0 Å². The van der Waals surface area contributed by atoms with E-state index in [9.17, 15) is 14.4 Å². The highest BCUT2D eigenvalue weighted by atomic mass is 16.6. The molecule has 1 rings (SSSR count). The van der Waals surface area contributed by atoms with Gasteiger partial charge in [-0.3, -0.25) is 9.59 Å². The molecule has 0 spiro atoms. The molecule has 0 amide bonds. The van der Waals surface area contributed by atoms with Crippen LogP contribution in [0.1, 0.15) is 18.4 Å². The lowest BCUT2D eigenvalue weighted by Crippen LogP contribution is -2.17. The number of hydrogen-bond donors (Lipinski definition) is 1. The molecule has 0 aliphatic carbocycles. The van der Waals surface area contributed by atoms with Gasteiger partial charge in [0.1, 0.15) is 6.61 Å². The van der Waals surface area contributed by atoms with Gasteiger partial charge in [-0.25, -0.2) is 4.79 Å². The van der Waals surface area contributed by atoms with Crippen LogP contribution in [-0.2, 0) is 44.7 Å². The van der Waals surface area contributed by atoms with Crippen molar-refractivity contribution in [3.8, 4) is 0 Å². The smallest absolute Gasteiger partial charge is 0.372 e. The van der Waals surface area contributed by atoms with E-state index in [-0.39, 0.29) is 26.1 Å². The van der Waals surface area contributed by atoms with Crippen LogP contribution in [-0.4, -0.2) is 75.7 Å². The Bertz CT molecular complexity index is 589. The lowest BCUT2D eigenvalue weighted by Gasteiger charge is -2.08. The maximum atomic E-state index is 11.3. The zero-order valence-electron chi connectivity index (χ0n) is 16.4. The third-order valence-corrected chi connectivity index (χ3v) is 3.51. The average molecular weight is 412 g/mol. The second-order valence-electron chi connectivity index (χ2n) is 5.82. The molecule has 0 saturated carbocycles. The van der Waals surface area contributed by atoms with E-state index in [1.807, 2.05) is 30.3 Å². The van der Waals surface area contributed by atoms with Crippen molar-refractivity contribution in [3.63, 3.8) is 0 Å². The van der Waals surface area contributed by atoms with Crippen molar-refractivity contribution >= 4 is 17.7 Å². The van der Waals surface area contributed by atoms with Crippen LogP contribution in [0.2, 0.25) is 0 Å². The molecule has 0 heterocycles. The first-order valence-electron chi connectivity index (χ1n) is 9.36. The van der Waals surface area contributed by atoms with E-state index in [4.69, 9.17) is 28.8 Å². The number of rotatable bonds is 18. The van der Waals surface area contributed by atoms with Crippen molar-refractivity contribution < 1.29 is 43.2 Å². The van der Waals surface area contributed by atoms with Gasteiger partial charge in [0.25, 0.3) is 0 Å². The van der Waals surface area contributed by atoms with Crippen LogP contribution in [0.15, 0.2) is 30.3 Å². The molecular formula is C20H28O9. The highest BCUT2D eigenvalue weighted by Gasteiger charge is 2.14. The van der Waals surface area contributed by atoms with E-state index in [1.54, 1.807) is 0 Å². The van der Waals surface area contributed by atoms with E-state index in [1.165, 1.54) is 0 Å². The maximum absolute atomic E-state index is 11.3. The zero-order chi connectivity index (χ0) is 21.2. The number of benzene rings is 1. The van der Waals surface area contributed by atoms with Crippen LogP contribution in [0.25, 0.3) is 0 Å². The largest absolute Gasteiger partial charge is 0.476 e. The number of esters is 1. The second-order valence-corrected chi connectivity index (χ2v) is 5.82. The van der Waals surface area contributed by atoms with Crippen LogP contribution in [0, 0.1) is 0 Å². The Morgan fingerprint density at radius 2 is 1.21 bits per heavy atom. The number of carbonyl (C=O) groups excluding carboxylic acids is 2. The highest BCUT2D eigenvalue weighted by Crippen LogP contribution is 2.00. The molecule has 0 bridgehead atoms. The predicted molar refractivity (Wildman–Crippen MR) is 101 cm³/mol. The van der Waals surface area contributed by atoms with Crippen molar-refractivity contribution in [1.29, 1.82) is 0 Å². The minimum Gasteiger partial charge on any atom is -0.476 e. The monoisotopic (exact) mass is 412 g/mol. The van der Waals surface area contributed by atoms with Gasteiger partial charge in [0.2, 0.25) is 5.78 Å².